The fourth-order valence-electron chi connectivity index (χ4n) is 3.22. The molecule has 2 heterocycles. The monoisotopic (exact) mass is 370 g/mol. The van der Waals surface area contributed by atoms with Crippen LogP contribution in [-0.4, -0.2) is 15.5 Å². The van der Waals surface area contributed by atoms with Gasteiger partial charge in [-0.05, 0) is 56.2 Å². The van der Waals surface area contributed by atoms with Crippen molar-refractivity contribution in [2.24, 2.45) is 0 Å². The molecule has 0 radical (unpaired) electrons. The van der Waals surface area contributed by atoms with Crippen molar-refractivity contribution in [3.63, 3.8) is 0 Å². The van der Waals surface area contributed by atoms with Gasteiger partial charge in [-0.1, -0.05) is 30.3 Å². The van der Waals surface area contributed by atoms with Crippen molar-refractivity contribution in [2.75, 3.05) is 0 Å². The highest BCUT2D eigenvalue weighted by molar-refractivity contribution is 6.02. The van der Waals surface area contributed by atoms with Gasteiger partial charge in [-0.15, -0.1) is 0 Å². The van der Waals surface area contributed by atoms with Crippen LogP contribution in [-0.2, 0) is 4.79 Å². The van der Waals surface area contributed by atoms with Crippen molar-refractivity contribution in [3.8, 4) is 11.8 Å². The Kier molecular flexibility index (Phi) is 5.71. The molecule has 0 spiro atoms. The van der Waals surface area contributed by atoms with Gasteiger partial charge in [0.1, 0.15) is 11.6 Å². The van der Waals surface area contributed by atoms with E-state index in [1.165, 1.54) is 0 Å². The minimum atomic E-state index is -0.384. The van der Waals surface area contributed by atoms with Gasteiger partial charge in [0, 0.05) is 17.6 Å². The quantitative estimate of drug-likeness (QED) is 0.538. The number of aryl methyl sites for hydroxylation is 1. The average molecular weight is 370 g/mol. The molecule has 1 aromatic carbocycles. The molecule has 2 aromatic heterocycles. The molecule has 0 unspecified atom stereocenters. The molecule has 0 aliphatic heterocycles. The number of nitrogens with one attached hydrogen (secondary N) is 1. The largest absolute Gasteiger partial charge is 0.345 e. The van der Waals surface area contributed by atoms with E-state index in [0.717, 1.165) is 28.2 Å². The number of hydrogen-bond acceptors (Lipinski definition) is 3. The molecule has 140 valence electrons. The van der Waals surface area contributed by atoms with Gasteiger partial charge >= 0.3 is 0 Å². The first kappa shape index (κ1) is 19.1. The van der Waals surface area contributed by atoms with E-state index in [-0.39, 0.29) is 17.5 Å². The Morgan fingerprint density at radius 3 is 2.61 bits per heavy atom. The number of amides is 1. The summed E-state index contributed by atoms with van der Waals surface area (Å²) >= 11 is 0. The Bertz CT molecular complexity index is 1040. The van der Waals surface area contributed by atoms with E-state index in [2.05, 4.69) is 14.9 Å². The highest BCUT2D eigenvalue weighted by atomic mass is 16.1. The van der Waals surface area contributed by atoms with E-state index in [9.17, 15) is 10.1 Å². The van der Waals surface area contributed by atoms with Crippen LogP contribution in [0, 0.1) is 25.2 Å². The normalized spacial score (nSPS) is 12.3. The number of aromatic nitrogens is 2. The number of carbonyl (C=O) groups is 1. The maximum absolute atomic E-state index is 12.6. The Morgan fingerprint density at radius 2 is 1.96 bits per heavy atom. The number of hydrogen-bond donors (Lipinski definition) is 1. The zero-order chi connectivity index (χ0) is 20.1. The molecule has 1 atom stereocenters. The number of rotatable bonds is 5. The Balaban J connectivity index is 1.87. The summed E-state index contributed by atoms with van der Waals surface area (Å²) in [6.07, 6.45) is 5.15. The van der Waals surface area contributed by atoms with Gasteiger partial charge in [0.15, 0.2) is 0 Å². The maximum atomic E-state index is 12.6. The van der Waals surface area contributed by atoms with Crippen molar-refractivity contribution >= 4 is 12.0 Å². The third-order valence-corrected chi connectivity index (χ3v) is 4.69. The average Bonchev–Trinajstić information content (AvgIpc) is 3.00. The van der Waals surface area contributed by atoms with Crippen LogP contribution < -0.4 is 5.32 Å². The maximum Gasteiger partial charge on any atom is 0.262 e. The van der Waals surface area contributed by atoms with Crippen LogP contribution in [0.3, 0.4) is 0 Å². The van der Waals surface area contributed by atoms with Gasteiger partial charge in [-0.3, -0.25) is 9.78 Å². The summed E-state index contributed by atoms with van der Waals surface area (Å²) in [6, 6.07) is 17.3. The van der Waals surface area contributed by atoms with E-state index in [4.69, 9.17) is 0 Å². The zero-order valence-corrected chi connectivity index (χ0v) is 16.2. The molecule has 0 bridgehead atoms. The highest BCUT2D eigenvalue weighted by Crippen LogP contribution is 2.22. The molecule has 3 rings (SSSR count). The fraction of sp³-hybridized carbons (Fsp3) is 0.174. The minimum absolute atomic E-state index is 0.0780. The molecule has 0 aliphatic rings. The molecular formula is C23H22N4O. The van der Waals surface area contributed by atoms with Gasteiger partial charge in [0.25, 0.3) is 5.91 Å². The first-order chi connectivity index (χ1) is 13.5. The van der Waals surface area contributed by atoms with Gasteiger partial charge in [0.2, 0.25) is 0 Å². The molecule has 0 aliphatic carbocycles. The molecule has 5 nitrogen and oxygen atoms in total. The lowest BCUT2D eigenvalue weighted by molar-refractivity contribution is -0.117. The summed E-state index contributed by atoms with van der Waals surface area (Å²) in [5.41, 5.74) is 4.80. The number of carbonyl (C=O) groups excluding carboxylic acids is 1. The third-order valence-electron chi connectivity index (χ3n) is 4.69. The van der Waals surface area contributed by atoms with E-state index in [1.807, 2.05) is 75.4 Å². The summed E-state index contributed by atoms with van der Waals surface area (Å²) in [4.78, 5) is 16.8. The minimum Gasteiger partial charge on any atom is -0.345 e. The van der Waals surface area contributed by atoms with Crippen molar-refractivity contribution in [2.45, 2.75) is 26.8 Å². The first-order valence-electron chi connectivity index (χ1n) is 9.08. The molecule has 3 aromatic rings. The molecule has 28 heavy (non-hydrogen) atoms. The van der Waals surface area contributed by atoms with E-state index < -0.39 is 0 Å². The molecular weight excluding hydrogens is 348 g/mol. The summed E-state index contributed by atoms with van der Waals surface area (Å²) in [7, 11) is 0. The summed E-state index contributed by atoms with van der Waals surface area (Å²) in [5, 5.41) is 12.4. The Morgan fingerprint density at radius 1 is 1.21 bits per heavy atom. The molecule has 1 N–H and O–H groups in total. The van der Waals surface area contributed by atoms with Gasteiger partial charge < -0.3 is 9.88 Å². The van der Waals surface area contributed by atoms with Gasteiger partial charge in [-0.2, -0.15) is 5.26 Å². The van der Waals surface area contributed by atoms with Crippen molar-refractivity contribution in [1.29, 1.82) is 5.26 Å². The van der Waals surface area contributed by atoms with Crippen LogP contribution in [0.4, 0.5) is 0 Å². The van der Waals surface area contributed by atoms with E-state index >= 15 is 0 Å². The summed E-state index contributed by atoms with van der Waals surface area (Å²) < 4.78 is 2.05. The SMILES string of the molecule is Cc1cc(/C=C(/C#N)C(=O)N[C@H](C)c2ccccc2)c(C)n1-c1cccnc1. The second-order valence-electron chi connectivity index (χ2n) is 6.65. The van der Waals surface area contributed by atoms with Crippen LogP contribution in [0.2, 0.25) is 0 Å². The number of benzene rings is 1. The Hall–Kier alpha value is -3.65. The second-order valence-corrected chi connectivity index (χ2v) is 6.65. The van der Waals surface area contributed by atoms with Crippen LogP contribution >= 0.6 is 0 Å². The van der Waals surface area contributed by atoms with Gasteiger partial charge in [-0.25, -0.2) is 0 Å². The fourth-order valence-corrected chi connectivity index (χ4v) is 3.22. The predicted octanol–water partition coefficient (Wildman–Crippen LogP) is 4.27. The smallest absolute Gasteiger partial charge is 0.262 e. The predicted molar refractivity (Wildman–Crippen MR) is 110 cm³/mol. The molecule has 0 saturated carbocycles. The van der Waals surface area contributed by atoms with Crippen molar-refractivity contribution < 1.29 is 4.79 Å². The summed E-state index contributed by atoms with van der Waals surface area (Å²) in [6.45, 7) is 5.85. The highest BCUT2D eigenvalue weighted by Gasteiger charge is 2.16. The number of pyridine rings is 1. The molecule has 5 heteroatoms. The molecule has 0 saturated heterocycles. The van der Waals surface area contributed by atoms with E-state index in [1.54, 1.807) is 18.5 Å². The lowest BCUT2D eigenvalue weighted by atomic mass is 10.1. The van der Waals surface area contributed by atoms with Crippen molar-refractivity contribution in [1.82, 2.24) is 14.9 Å². The zero-order valence-electron chi connectivity index (χ0n) is 16.2. The van der Waals surface area contributed by atoms with Crippen LogP contribution in [0.25, 0.3) is 11.8 Å². The summed E-state index contributed by atoms with van der Waals surface area (Å²) in [5.74, 6) is -0.384. The first-order valence-corrected chi connectivity index (χ1v) is 9.08. The topological polar surface area (TPSA) is 70.7 Å². The molecule has 0 fully saturated rings. The van der Waals surface area contributed by atoms with Gasteiger partial charge in [0.05, 0.1) is 17.9 Å². The third kappa shape index (κ3) is 4.02. The number of nitrogens with zero attached hydrogens (tertiary/aromatic N) is 3. The second kappa shape index (κ2) is 8.36. The lowest BCUT2D eigenvalue weighted by Crippen LogP contribution is -2.27. The molecule has 1 amide bonds. The Labute approximate surface area is 165 Å². The van der Waals surface area contributed by atoms with Crippen LogP contribution in [0.15, 0.2) is 66.5 Å². The lowest BCUT2D eigenvalue weighted by Gasteiger charge is -2.13. The number of nitriles is 1. The standard InChI is InChI=1S/C23H22N4O/c1-16-12-20(18(3)27(16)22-10-7-11-25-15-22)13-21(14-24)23(28)26-17(2)19-8-5-4-6-9-19/h4-13,15,17H,1-3H3,(H,26,28)/b21-13-/t17-/m1/s1. The van der Waals surface area contributed by atoms with Crippen LogP contribution in [0.1, 0.15) is 35.5 Å². The van der Waals surface area contributed by atoms with Crippen LogP contribution in [0.5, 0.6) is 0 Å². The van der Waals surface area contributed by atoms with E-state index in [0.29, 0.717) is 0 Å². The van der Waals surface area contributed by atoms with Crippen molar-refractivity contribution in [3.05, 3.63) is 89.0 Å².